The summed E-state index contributed by atoms with van der Waals surface area (Å²) in [5.74, 6) is -0.260. The lowest BCUT2D eigenvalue weighted by Gasteiger charge is -2.25. The molecule has 2 aliphatic rings. The molecule has 0 radical (unpaired) electrons. The van der Waals surface area contributed by atoms with Gasteiger partial charge >= 0.3 is 0 Å². The third-order valence-corrected chi connectivity index (χ3v) is 4.44. The lowest BCUT2D eigenvalue weighted by atomic mass is 9.97. The van der Waals surface area contributed by atoms with Crippen molar-refractivity contribution < 1.29 is 9.18 Å². The maximum Gasteiger partial charge on any atom is 0.240 e. The average molecular weight is 262 g/mol. The van der Waals surface area contributed by atoms with Gasteiger partial charge in [-0.3, -0.25) is 4.79 Å². The molecule has 0 aromatic heterocycles. The number of nitrogens with one attached hydrogen (secondary N) is 1. The molecule has 1 unspecified atom stereocenters. The fraction of sp³-hybridized carbons (Fsp3) is 0.533. The van der Waals surface area contributed by atoms with Crippen LogP contribution in [0.4, 0.5) is 4.39 Å². The maximum atomic E-state index is 13.2. The van der Waals surface area contributed by atoms with Gasteiger partial charge in [0.05, 0.1) is 11.6 Å². The summed E-state index contributed by atoms with van der Waals surface area (Å²) in [5.41, 5.74) is 7.50. The zero-order valence-electron chi connectivity index (χ0n) is 10.9. The van der Waals surface area contributed by atoms with Crippen LogP contribution in [0.2, 0.25) is 0 Å². The Kier molecular flexibility index (Phi) is 3.05. The Labute approximate surface area is 112 Å². The highest BCUT2D eigenvalue weighted by Gasteiger charge is 2.38. The second-order valence-corrected chi connectivity index (χ2v) is 5.77. The van der Waals surface area contributed by atoms with E-state index in [1.54, 1.807) is 12.1 Å². The molecule has 1 atom stereocenters. The molecule has 3 N–H and O–H groups in total. The van der Waals surface area contributed by atoms with Crippen molar-refractivity contribution in [3.63, 3.8) is 0 Å². The smallest absolute Gasteiger partial charge is 0.240 e. The topological polar surface area (TPSA) is 55.1 Å². The first-order valence-electron chi connectivity index (χ1n) is 6.97. The van der Waals surface area contributed by atoms with Gasteiger partial charge in [0.2, 0.25) is 5.91 Å². The van der Waals surface area contributed by atoms with Crippen LogP contribution < -0.4 is 11.1 Å². The van der Waals surface area contributed by atoms with Gasteiger partial charge in [0.1, 0.15) is 5.82 Å². The molecule has 0 bridgehead atoms. The van der Waals surface area contributed by atoms with Crippen molar-refractivity contribution in [1.82, 2.24) is 5.32 Å². The molecule has 2 aliphatic carbocycles. The number of aryl methyl sites for hydroxylation is 1. The quantitative estimate of drug-likeness (QED) is 0.858. The van der Waals surface area contributed by atoms with Gasteiger partial charge in [-0.15, -0.1) is 0 Å². The molecule has 102 valence electrons. The van der Waals surface area contributed by atoms with Gasteiger partial charge < -0.3 is 11.1 Å². The molecule has 4 heteroatoms. The summed E-state index contributed by atoms with van der Waals surface area (Å²) in [7, 11) is 0. The molecule has 0 saturated heterocycles. The summed E-state index contributed by atoms with van der Waals surface area (Å²) in [6.45, 7) is 0. The second kappa shape index (κ2) is 4.60. The van der Waals surface area contributed by atoms with Crippen molar-refractivity contribution in [1.29, 1.82) is 0 Å². The number of nitrogens with two attached hydrogens (primary N) is 1. The molecule has 1 fully saturated rings. The third kappa shape index (κ3) is 2.25. The summed E-state index contributed by atoms with van der Waals surface area (Å²) < 4.78 is 13.2. The number of carbonyl (C=O) groups excluding carboxylic acids is 1. The monoisotopic (exact) mass is 262 g/mol. The summed E-state index contributed by atoms with van der Waals surface area (Å²) in [6, 6.07) is 4.79. The van der Waals surface area contributed by atoms with Gasteiger partial charge in [-0.1, -0.05) is 18.9 Å². The van der Waals surface area contributed by atoms with Crippen LogP contribution in [0.5, 0.6) is 0 Å². The van der Waals surface area contributed by atoms with Crippen LogP contribution in [0.3, 0.4) is 0 Å². The third-order valence-electron chi connectivity index (χ3n) is 4.44. The van der Waals surface area contributed by atoms with E-state index in [2.05, 4.69) is 5.32 Å². The van der Waals surface area contributed by atoms with E-state index in [-0.39, 0.29) is 17.8 Å². The van der Waals surface area contributed by atoms with Crippen molar-refractivity contribution in [2.24, 2.45) is 5.73 Å². The average Bonchev–Trinajstić information content (AvgIpc) is 2.97. The molecular weight excluding hydrogens is 243 g/mol. The standard InChI is InChI=1S/C15H19FN2O/c16-11-4-5-12-10(9-11)3-6-13(12)18-14(19)15(17)7-1-2-8-15/h4-5,9,13H,1-3,6-8,17H2,(H,18,19). The number of benzene rings is 1. The van der Waals surface area contributed by atoms with Gasteiger partial charge in [0.25, 0.3) is 0 Å². The van der Waals surface area contributed by atoms with Crippen molar-refractivity contribution >= 4 is 5.91 Å². The maximum absolute atomic E-state index is 13.2. The first kappa shape index (κ1) is 12.6. The van der Waals surface area contributed by atoms with E-state index in [0.29, 0.717) is 0 Å². The number of hydrogen-bond acceptors (Lipinski definition) is 2. The van der Waals surface area contributed by atoms with E-state index < -0.39 is 5.54 Å². The Morgan fingerprint density at radius 3 is 2.84 bits per heavy atom. The molecule has 0 heterocycles. The Morgan fingerprint density at radius 1 is 1.37 bits per heavy atom. The van der Waals surface area contributed by atoms with Crippen molar-refractivity contribution in [2.75, 3.05) is 0 Å². The SMILES string of the molecule is NC1(C(=O)NC2CCc3cc(F)ccc32)CCCC1. The molecule has 0 spiro atoms. The normalized spacial score (nSPS) is 24.2. The van der Waals surface area contributed by atoms with Gasteiger partial charge in [-0.2, -0.15) is 0 Å². The first-order chi connectivity index (χ1) is 9.08. The van der Waals surface area contributed by atoms with Crippen LogP contribution in [0.15, 0.2) is 18.2 Å². The highest BCUT2D eigenvalue weighted by Crippen LogP contribution is 2.33. The van der Waals surface area contributed by atoms with Crippen LogP contribution in [0, 0.1) is 5.82 Å². The van der Waals surface area contributed by atoms with Gasteiger partial charge in [-0.25, -0.2) is 4.39 Å². The molecule has 19 heavy (non-hydrogen) atoms. The van der Waals surface area contributed by atoms with E-state index in [0.717, 1.165) is 49.7 Å². The van der Waals surface area contributed by atoms with Crippen molar-refractivity contribution in [3.8, 4) is 0 Å². The largest absolute Gasteiger partial charge is 0.348 e. The number of carbonyl (C=O) groups is 1. The lowest BCUT2D eigenvalue weighted by Crippen LogP contribution is -2.52. The van der Waals surface area contributed by atoms with Crippen LogP contribution in [-0.2, 0) is 11.2 Å². The van der Waals surface area contributed by atoms with Crippen LogP contribution in [-0.4, -0.2) is 11.4 Å². The summed E-state index contributed by atoms with van der Waals surface area (Å²) in [6.07, 6.45) is 5.23. The van der Waals surface area contributed by atoms with Crippen LogP contribution in [0.25, 0.3) is 0 Å². The van der Waals surface area contributed by atoms with Gasteiger partial charge in [-0.05, 0) is 48.9 Å². The Bertz CT molecular complexity index is 509. The van der Waals surface area contributed by atoms with Crippen molar-refractivity contribution in [2.45, 2.75) is 50.1 Å². The molecule has 1 saturated carbocycles. The molecule has 1 aromatic carbocycles. The minimum absolute atomic E-state index is 0.0101. The number of fused-ring (bicyclic) bond motifs is 1. The van der Waals surface area contributed by atoms with E-state index in [9.17, 15) is 9.18 Å². The minimum atomic E-state index is -0.692. The van der Waals surface area contributed by atoms with Crippen LogP contribution >= 0.6 is 0 Å². The van der Waals surface area contributed by atoms with E-state index in [1.807, 2.05) is 0 Å². The summed E-state index contributed by atoms with van der Waals surface area (Å²) in [5, 5.41) is 3.05. The minimum Gasteiger partial charge on any atom is -0.348 e. The molecular formula is C15H19FN2O. The highest BCUT2D eigenvalue weighted by molar-refractivity contribution is 5.86. The van der Waals surface area contributed by atoms with E-state index in [4.69, 9.17) is 5.73 Å². The van der Waals surface area contributed by atoms with Crippen molar-refractivity contribution in [3.05, 3.63) is 35.1 Å². The Hall–Kier alpha value is -1.42. The zero-order chi connectivity index (χ0) is 13.5. The predicted molar refractivity (Wildman–Crippen MR) is 71.0 cm³/mol. The Balaban J connectivity index is 1.74. The molecule has 1 aromatic rings. The molecule has 3 nitrogen and oxygen atoms in total. The second-order valence-electron chi connectivity index (χ2n) is 5.77. The van der Waals surface area contributed by atoms with Gasteiger partial charge in [0.15, 0.2) is 0 Å². The number of halogens is 1. The zero-order valence-corrected chi connectivity index (χ0v) is 10.9. The van der Waals surface area contributed by atoms with Crippen LogP contribution in [0.1, 0.15) is 49.3 Å². The molecule has 0 aliphatic heterocycles. The van der Waals surface area contributed by atoms with E-state index >= 15 is 0 Å². The van der Waals surface area contributed by atoms with Gasteiger partial charge in [0, 0.05) is 0 Å². The fourth-order valence-electron chi connectivity index (χ4n) is 3.27. The molecule has 3 rings (SSSR count). The number of amides is 1. The predicted octanol–water partition coefficient (Wildman–Crippen LogP) is 2.20. The fourth-order valence-corrected chi connectivity index (χ4v) is 3.27. The number of hydrogen-bond donors (Lipinski definition) is 2. The summed E-state index contributed by atoms with van der Waals surface area (Å²) in [4.78, 5) is 12.3. The lowest BCUT2D eigenvalue weighted by molar-refractivity contribution is -0.126. The summed E-state index contributed by atoms with van der Waals surface area (Å²) >= 11 is 0. The number of rotatable bonds is 2. The highest BCUT2D eigenvalue weighted by atomic mass is 19.1. The first-order valence-corrected chi connectivity index (χ1v) is 6.97. The van der Waals surface area contributed by atoms with E-state index in [1.165, 1.54) is 6.07 Å². The Morgan fingerprint density at radius 2 is 2.11 bits per heavy atom. The molecule has 1 amide bonds.